The van der Waals surface area contributed by atoms with Gasteiger partial charge in [0, 0.05) is 6.07 Å². The Bertz CT molecular complexity index is 766. The van der Waals surface area contributed by atoms with Crippen molar-refractivity contribution < 1.29 is 22.8 Å². The summed E-state index contributed by atoms with van der Waals surface area (Å²) in [6.45, 7) is 3.26. The monoisotopic (exact) mass is 310 g/mol. The summed E-state index contributed by atoms with van der Waals surface area (Å²) in [5.74, 6) is -1.17. The van der Waals surface area contributed by atoms with Gasteiger partial charge in [-0.15, -0.1) is 0 Å². The predicted octanol–water partition coefficient (Wildman–Crippen LogP) is 1.47. The lowest BCUT2D eigenvalue weighted by atomic mass is 10.1. The van der Waals surface area contributed by atoms with Crippen molar-refractivity contribution in [1.82, 2.24) is 9.88 Å². The topological polar surface area (TPSA) is 110 Å². The highest BCUT2D eigenvalue weighted by atomic mass is 32.2. The van der Waals surface area contributed by atoms with Crippen molar-refractivity contribution in [3.05, 3.63) is 46.8 Å². The molecule has 21 heavy (non-hydrogen) atoms. The van der Waals surface area contributed by atoms with E-state index in [4.69, 9.17) is 5.11 Å². The van der Waals surface area contributed by atoms with E-state index < -0.39 is 16.0 Å². The van der Waals surface area contributed by atoms with Crippen LogP contribution < -0.4 is 4.72 Å². The first-order valence-electron chi connectivity index (χ1n) is 6.05. The predicted molar refractivity (Wildman–Crippen MR) is 73.4 cm³/mol. The SMILES string of the molecule is Cc1cc(C(=O)O)cc(S(=O)(=O)NCc2ccon2)c1C. The molecule has 0 atom stereocenters. The fourth-order valence-corrected chi connectivity index (χ4v) is 3.14. The third-order valence-corrected chi connectivity index (χ3v) is 4.62. The van der Waals surface area contributed by atoms with Crippen molar-refractivity contribution >= 4 is 16.0 Å². The number of aryl methyl sites for hydroxylation is 1. The second-order valence-electron chi connectivity index (χ2n) is 4.54. The van der Waals surface area contributed by atoms with Crippen LogP contribution in [0.2, 0.25) is 0 Å². The van der Waals surface area contributed by atoms with Gasteiger partial charge in [-0.3, -0.25) is 0 Å². The van der Waals surface area contributed by atoms with Crippen molar-refractivity contribution in [3.63, 3.8) is 0 Å². The van der Waals surface area contributed by atoms with Gasteiger partial charge in [0.1, 0.15) is 6.26 Å². The van der Waals surface area contributed by atoms with Gasteiger partial charge < -0.3 is 9.63 Å². The van der Waals surface area contributed by atoms with Crippen LogP contribution in [-0.2, 0) is 16.6 Å². The molecule has 0 amide bonds. The van der Waals surface area contributed by atoms with Crippen molar-refractivity contribution in [3.8, 4) is 0 Å². The van der Waals surface area contributed by atoms with Crippen LogP contribution in [0.3, 0.4) is 0 Å². The molecule has 0 bridgehead atoms. The molecule has 0 spiro atoms. The van der Waals surface area contributed by atoms with Crippen LogP contribution in [0.25, 0.3) is 0 Å². The van der Waals surface area contributed by atoms with Gasteiger partial charge in [-0.2, -0.15) is 0 Å². The van der Waals surface area contributed by atoms with E-state index in [2.05, 4.69) is 14.4 Å². The maximum Gasteiger partial charge on any atom is 0.335 e. The van der Waals surface area contributed by atoms with Gasteiger partial charge in [0.25, 0.3) is 0 Å². The standard InChI is InChI=1S/C13H14N2O5S/c1-8-5-10(13(16)17)6-12(9(8)2)21(18,19)14-7-11-3-4-20-15-11/h3-6,14H,7H2,1-2H3,(H,16,17). The minimum absolute atomic E-state index is 0.0331. The molecule has 8 heteroatoms. The third kappa shape index (κ3) is 3.29. The summed E-state index contributed by atoms with van der Waals surface area (Å²) >= 11 is 0. The van der Waals surface area contributed by atoms with Gasteiger partial charge in [0.05, 0.1) is 22.7 Å². The van der Waals surface area contributed by atoms with Gasteiger partial charge in [0.15, 0.2) is 0 Å². The number of nitrogens with one attached hydrogen (secondary N) is 1. The molecular weight excluding hydrogens is 296 g/mol. The Morgan fingerprint density at radius 3 is 2.67 bits per heavy atom. The Balaban J connectivity index is 2.37. The van der Waals surface area contributed by atoms with Crippen LogP contribution in [0.1, 0.15) is 27.2 Å². The normalized spacial score (nSPS) is 11.5. The lowest BCUT2D eigenvalue weighted by molar-refractivity contribution is 0.0696. The summed E-state index contributed by atoms with van der Waals surface area (Å²) in [6, 6.07) is 4.12. The zero-order valence-electron chi connectivity index (χ0n) is 11.5. The number of benzene rings is 1. The zero-order valence-corrected chi connectivity index (χ0v) is 12.3. The number of aromatic nitrogens is 1. The summed E-state index contributed by atoms with van der Waals surface area (Å²) < 4.78 is 31.6. The Kier molecular flexibility index (Phi) is 4.10. The fourth-order valence-electron chi connectivity index (χ4n) is 1.81. The maximum absolute atomic E-state index is 12.3. The summed E-state index contributed by atoms with van der Waals surface area (Å²) in [5.41, 5.74) is 1.46. The highest BCUT2D eigenvalue weighted by molar-refractivity contribution is 7.89. The zero-order chi connectivity index (χ0) is 15.6. The number of rotatable bonds is 5. The smallest absolute Gasteiger partial charge is 0.335 e. The van der Waals surface area contributed by atoms with Crippen LogP contribution in [0.15, 0.2) is 33.9 Å². The second kappa shape index (κ2) is 5.66. The lowest BCUT2D eigenvalue weighted by Gasteiger charge is -2.11. The van der Waals surface area contributed by atoms with Crippen LogP contribution in [-0.4, -0.2) is 24.7 Å². The van der Waals surface area contributed by atoms with E-state index in [1.165, 1.54) is 18.4 Å². The van der Waals surface area contributed by atoms with Crippen molar-refractivity contribution in [2.24, 2.45) is 0 Å². The molecule has 0 radical (unpaired) electrons. The fraction of sp³-hybridized carbons (Fsp3) is 0.231. The lowest BCUT2D eigenvalue weighted by Crippen LogP contribution is -2.24. The van der Waals surface area contributed by atoms with Gasteiger partial charge in [-0.1, -0.05) is 5.16 Å². The van der Waals surface area contributed by atoms with Crippen LogP contribution in [0.5, 0.6) is 0 Å². The number of hydrogen-bond acceptors (Lipinski definition) is 5. The molecule has 1 heterocycles. The van der Waals surface area contributed by atoms with E-state index in [1.807, 2.05) is 0 Å². The Morgan fingerprint density at radius 1 is 1.38 bits per heavy atom. The molecule has 0 unspecified atom stereocenters. The highest BCUT2D eigenvalue weighted by Gasteiger charge is 2.20. The van der Waals surface area contributed by atoms with E-state index in [0.29, 0.717) is 16.8 Å². The van der Waals surface area contributed by atoms with Crippen LogP contribution in [0.4, 0.5) is 0 Å². The van der Waals surface area contributed by atoms with E-state index in [1.54, 1.807) is 13.8 Å². The quantitative estimate of drug-likeness (QED) is 0.865. The molecule has 0 saturated heterocycles. The summed E-state index contributed by atoms with van der Waals surface area (Å²) in [5, 5.41) is 12.6. The van der Waals surface area contributed by atoms with Gasteiger partial charge in [0.2, 0.25) is 10.0 Å². The number of carboxylic acid groups (broad SMARTS) is 1. The van der Waals surface area contributed by atoms with Crippen LogP contribution >= 0.6 is 0 Å². The summed E-state index contributed by atoms with van der Waals surface area (Å²) in [7, 11) is -3.84. The minimum Gasteiger partial charge on any atom is -0.478 e. The number of carbonyl (C=O) groups is 1. The van der Waals surface area contributed by atoms with Crippen LogP contribution in [0, 0.1) is 13.8 Å². The molecule has 0 aliphatic rings. The first kappa shape index (κ1) is 15.2. The molecule has 2 N–H and O–H groups in total. The summed E-state index contributed by atoms with van der Waals surface area (Å²) in [6.07, 6.45) is 1.34. The molecule has 0 aliphatic heterocycles. The number of aromatic carboxylic acids is 1. The average Bonchev–Trinajstić information content (AvgIpc) is 2.92. The van der Waals surface area contributed by atoms with E-state index in [0.717, 1.165) is 6.07 Å². The van der Waals surface area contributed by atoms with E-state index in [-0.39, 0.29) is 17.0 Å². The number of nitrogens with zero attached hydrogens (tertiary/aromatic N) is 1. The van der Waals surface area contributed by atoms with E-state index in [9.17, 15) is 13.2 Å². The number of sulfonamides is 1. The Hall–Kier alpha value is -2.19. The van der Waals surface area contributed by atoms with Gasteiger partial charge in [-0.25, -0.2) is 17.9 Å². The molecule has 0 saturated carbocycles. The molecule has 1 aromatic heterocycles. The number of carboxylic acids is 1. The first-order valence-corrected chi connectivity index (χ1v) is 7.53. The minimum atomic E-state index is -3.84. The average molecular weight is 310 g/mol. The third-order valence-electron chi connectivity index (χ3n) is 3.09. The van der Waals surface area contributed by atoms with E-state index >= 15 is 0 Å². The molecule has 0 aliphatic carbocycles. The largest absolute Gasteiger partial charge is 0.478 e. The molecule has 112 valence electrons. The maximum atomic E-state index is 12.3. The molecule has 0 fully saturated rings. The second-order valence-corrected chi connectivity index (χ2v) is 6.27. The van der Waals surface area contributed by atoms with Crippen molar-refractivity contribution in [1.29, 1.82) is 0 Å². The molecule has 7 nitrogen and oxygen atoms in total. The molecule has 2 rings (SSSR count). The number of hydrogen-bond donors (Lipinski definition) is 2. The van der Waals surface area contributed by atoms with Gasteiger partial charge in [-0.05, 0) is 37.1 Å². The van der Waals surface area contributed by atoms with Crippen molar-refractivity contribution in [2.45, 2.75) is 25.3 Å². The molecule has 1 aromatic carbocycles. The first-order chi connectivity index (χ1) is 9.81. The van der Waals surface area contributed by atoms with Crippen molar-refractivity contribution in [2.75, 3.05) is 0 Å². The molecular formula is C13H14N2O5S. The van der Waals surface area contributed by atoms with Gasteiger partial charge >= 0.3 is 5.97 Å². The Labute approximate surface area is 121 Å². The molecule has 2 aromatic rings. The summed E-state index contributed by atoms with van der Waals surface area (Å²) in [4.78, 5) is 11.0. The Morgan fingerprint density at radius 2 is 2.10 bits per heavy atom. The highest BCUT2D eigenvalue weighted by Crippen LogP contribution is 2.21.